The van der Waals surface area contributed by atoms with E-state index >= 15 is 0 Å². The zero-order chi connectivity index (χ0) is 18.4. The van der Waals surface area contributed by atoms with Crippen LogP contribution in [0.5, 0.6) is 0 Å². The maximum atomic E-state index is 12.6. The topological polar surface area (TPSA) is 60.7 Å². The van der Waals surface area contributed by atoms with E-state index in [1.165, 1.54) is 0 Å². The SMILES string of the molecule is CC(C)=C/C(=C\C=C\n1ccc2cccnc21)C(=O)Cc1cnccn1. The summed E-state index contributed by atoms with van der Waals surface area (Å²) in [7, 11) is 0. The summed E-state index contributed by atoms with van der Waals surface area (Å²) >= 11 is 0. The first-order valence-electron chi connectivity index (χ1n) is 8.36. The predicted molar refractivity (Wildman–Crippen MR) is 103 cm³/mol. The molecule has 0 saturated carbocycles. The lowest BCUT2D eigenvalue weighted by Crippen LogP contribution is -2.07. The Morgan fingerprint density at radius 1 is 1.15 bits per heavy atom. The molecule has 26 heavy (non-hydrogen) atoms. The van der Waals surface area contributed by atoms with Crippen LogP contribution >= 0.6 is 0 Å². The van der Waals surface area contributed by atoms with Gasteiger partial charge in [-0.3, -0.25) is 14.8 Å². The molecule has 0 atom stereocenters. The van der Waals surface area contributed by atoms with Crippen molar-refractivity contribution in [3.05, 3.63) is 84.3 Å². The molecule has 0 unspecified atom stereocenters. The number of fused-ring (bicyclic) bond motifs is 1. The number of carbonyl (C=O) groups is 1. The number of pyridine rings is 1. The maximum Gasteiger partial charge on any atom is 0.168 e. The number of ketones is 1. The van der Waals surface area contributed by atoms with Crippen LogP contribution in [-0.4, -0.2) is 25.3 Å². The quantitative estimate of drug-likeness (QED) is 0.501. The predicted octanol–water partition coefficient (Wildman–Crippen LogP) is 4.00. The van der Waals surface area contributed by atoms with E-state index in [2.05, 4.69) is 15.0 Å². The highest BCUT2D eigenvalue weighted by atomic mass is 16.1. The summed E-state index contributed by atoms with van der Waals surface area (Å²) in [5.74, 6) is 0.00633. The minimum Gasteiger partial charge on any atom is -0.308 e. The summed E-state index contributed by atoms with van der Waals surface area (Å²) in [4.78, 5) is 25.2. The van der Waals surface area contributed by atoms with Crippen molar-refractivity contribution in [3.8, 4) is 0 Å². The van der Waals surface area contributed by atoms with Crippen molar-refractivity contribution in [1.82, 2.24) is 19.5 Å². The first-order chi connectivity index (χ1) is 12.6. The zero-order valence-corrected chi connectivity index (χ0v) is 14.8. The second kappa shape index (κ2) is 8.16. The fourth-order valence-electron chi connectivity index (χ4n) is 2.57. The highest BCUT2D eigenvalue weighted by molar-refractivity contribution is 5.99. The van der Waals surface area contributed by atoms with Gasteiger partial charge in [0.1, 0.15) is 5.65 Å². The Morgan fingerprint density at radius 3 is 2.81 bits per heavy atom. The number of hydrogen-bond donors (Lipinski definition) is 0. The van der Waals surface area contributed by atoms with Crippen molar-refractivity contribution >= 4 is 23.0 Å². The number of Topliss-reactive ketones (excluding diaryl/α,β-unsaturated/α-hetero) is 1. The third-order valence-electron chi connectivity index (χ3n) is 3.72. The fourth-order valence-corrected chi connectivity index (χ4v) is 2.57. The standard InChI is InChI=1S/C21H20N4O/c1-16(2)13-18(20(26)14-19-15-22-9-10-23-19)6-4-11-25-12-7-17-5-3-8-24-21(17)25/h3-13,15H,14H2,1-2H3/b11-4+,18-6+. The van der Waals surface area contributed by atoms with Crippen LogP contribution in [0.3, 0.4) is 0 Å². The summed E-state index contributed by atoms with van der Waals surface area (Å²) in [5, 5.41) is 1.07. The van der Waals surface area contributed by atoms with Crippen molar-refractivity contribution < 1.29 is 4.79 Å². The number of allylic oxidation sites excluding steroid dienone is 5. The Bertz CT molecular complexity index is 993. The van der Waals surface area contributed by atoms with Gasteiger partial charge >= 0.3 is 0 Å². The monoisotopic (exact) mass is 344 g/mol. The molecule has 0 aliphatic carbocycles. The Labute approximate surface area is 152 Å². The molecule has 3 heterocycles. The molecule has 0 amide bonds. The summed E-state index contributed by atoms with van der Waals surface area (Å²) in [5.41, 5.74) is 3.24. The smallest absolute Gasteiger partial charge is 0.168 e. The van der Waals surface area contributed by atoms with Crippen LogP contribution < -0.4 is 0 Å². The van der Waals surface area contributed by atoms with E-state index in [1.807, 2.05) is 67.2 Å². The lowest BCUT2D eigenvalue weighted by Gasteiger charge is -2.02. The molecule has 0 aliphatic rings. The Balaban J connectivity index is 1.83. The average molecular weight is 344 g/mol. The van der Waals surface area contributed by atoms with E-state index in [4.69, 9.17) is 0 Å². The molecule has 0 spiro atoms. The molecule has 130 valence electrons. The van der Waals surface area contributed by atoms with Crippen molar-refractivity contribution in [3.63, 3.8) is 0 Å². The van der Waals surface area contributed by atoms with E-state index in [0.717, 1.165) is 16.6 Å². The molecule has 0 fully saturated rings. The minimum absolute atomic E-state index is 0.00633. The Kier molecular flexibility index (Phi) is 5.49. The van der Waals surface area contributed by atoms with Gasteiger partial charge in [0.2, 0.25) is 0 Å². The van der Waals surface area contributed by atoms with Crippen LogP contribution in [-0.2, 0) is 11.2 Å². The molecule has 3 rings (SSSR count). The van der Waals surface area contributed by atoms with Crippen molar-refractivity contribution in [1.29, 1.82) is 0 Å². The van der Waals surface area contributed by atoms with Gasteiger partial charge < -0.3 is 4.57 Å². The number of aromatic nitrogens is 4. The van der Waals surface area contributed by atoms with Gasteiger partial charge in [-0.2, -0.15) is 0 Å². The third kappa shape index (κ3) is 4.39. The van der Waals surface area contributed by atoms with Crippen LogP contribution in [0, 0.1) is 0 Å². The lowest BCUT2D eigenvalue weighted by molar-refractivity contribution is -0.114. The van der Waals surface area contributed by atoms with E-state index in [1.54, 1.807) is 24.8 Å². The number of rotatable bonds is 6. The molecular weight excluding hydrogens is 324 g/mol. The van der Waals surface area contributed by atoms with Gasteiger partial charge in [0, 0.05) is 48.1 Å². The second-order valence-corrected chi connectivity index (χ2v) is 6.12. The molecule has 5 nitrogen and oxygen atoms in total. The Morgan fingerprint density at radius 2 is 2.04 bits per heavy atom. The van der Waals surface area contributed by atoms with Crippen LogP contribution in [0.15, 0.2) is 78.6 Å². The van der Waals surface area contributed by atoms with Gasteiger partial charge in [-0.1, -0.05) is 11.6 Å². The molecule has 3 aromatic rings. The van der Waals surface area contributed by atoms with E-state index < -0.39 is 0 Å². The molecule has 0 aliphatic heterocycles. The summed E-state index contributed by atoms with van der Waals surface area (Å²) in [6.45, 7) is 3.94. The van der Waals surface area contributed by atoms with Gasteiger partial charge in [-0.15, -0.1) is 0 Å². The highest BCUT2D eigenvalue weighted by Gasteiger charge is 2.09. The van der Waals surface area contributed by atoms with Crippen LogP contribution in [0.2, 0.25) is 0 Å². The molecule has 0 N–H and O–H groups in total. The Hall–Kier alpha value is -3.34. The molecule has 3 aromatic heterocycles. The van der Waals surface area contributed by atoms with E-state index in [-0.39, 0.29) is 12.2 Å². The van der Waals surface area contributed by atoms with Crippen LogP contribution in [0.4, 0.5) is 0 Å². The molecular formula is C21H20N4O. The summed E-state index contributed by atoms with van der Waals surface area (Å²) in [6, 6.07) is 5.93. The van der Waals surface area contributed by atoms with Gasteiger partial charge in [-0.05, 0) is 44.2 Å². The first-order valence-corrected chi connectivity index (χ1v) is 8.36. The van der Waals surface area contributed by atoms with Crippen molar-refractivity contribution in [2.45, 2.75) is 20.3 Å². The zero-order valence-electron chi connectivity index (χ0n) is 14.8. The van der Waals surface area contributed by atoms with Crippen molar-refractivity contribution in [2.24, 2.45) is 0 Å². The van der Waals surface area contributed by atoms with E-state index in [9.17, 15) is 4.79 Å². The second-order valence-electron chi connectivity index (χ2n) is 6.12. The molecule has 0 bridgehead atoms. The third-order valence-corrected chi connectivity index (χ3v) is 3.72. The van der Waals surface area contributed by atoms with Crippen LogP contribution in [0.1, 0.15) is 19.5 Å². The first kappa shape index (κ1) is 17.5. The molecule has 5 heteroatoms. The van der Waals surface area contributed by atoms with E-state index in [0.29, 0.717) is 11.3 Å². The normalized spacial score (nSPS) is 11.8. The van der Waals surface area contributed by atoms with Gasteiger partial charge in [0.05, 0.1) is 12.1 Å². The molecule has 0 saturated heterocycles. The lowest BCUT2D eigenvalue weighted by atomic mass is 10.0. The van der Waals surface area contributed by atoms with Crippen LogP contribution in [0.25, 0.3) is 17.2 Å². The average Bonchev–Trinajstić information content (AvgIpc) is 3.05. The number of hydrogen-bond acceptors (Lipinski definition) is 4. The van der Waals surface area contributed by atoms with Gasteiger partial charge in [0.25, 0.3) is 0 Å². The fraction of sp³-hybridized carbons (Fsp3) is 0.143. The number of carbonyl (C=O) groups excluding carboxylic acids is 1. The molecule has 0 radical (unpaired) electrons. The minimum atomic E-state index is 0.00633. The highest BCUT2D eigenvalue weighted by Crippen LogP contribution is 2.13. The largest absolute Gasteiger partial charge is 0.308 e. The van der Waals surface area contributed by atoms with Gasteiger partial charge in [-0.25, -0.2) is 4.98 Å². The van der Waals surface area contributed by atoms with Gasteiger partial charge in [0.15, 0.2) is 5.78 Å². The summed E-state index contributed by atoms with van der Waals surface area (Å²) < 4.78 is 1.93. The van der Waals surface area contributed by atoms with Crippen molar-refractivity contribution in [2.75, 3.05) is 0 Å². The summed E-state index contributed by atoms with van der Waals surface area (Å²) in [6.07, 6.45) is 16.2. The molecule has 0 aromatic carbocycles. The number of nitrogens with zero attached hydrogens (tertiary/aromatic N) is 4. The maximum absolute atomic E-state index is 12.6.